The summed E-state index contributed by atoms with van der Waals surface area (Å²) in [6.45, 7) is 3.70. The van der Waals surface area contributed by atoms with Gasteiger partial charge < -0.3 is 15.4 Å². The van der Waals surface area contributed by atoms with Crippen LogP contribution in [0.25, 0.3) is 10.9 Å². The van der Waals surface area contributed by atoms with Crippen molar-refractivity contribution >= 4 is 16.8 Å². The molecule has 2 aromatic rings. The van der Waals surface area contributed by atoms with Crippen molar-refractivity contribution in [2.24, 2.45) is 0 Å². The van der Waals surface area contributed by atoms with Crippen molar-refractivity contribution in [2.75, 3.05) is 6.61 Å². The van der Waals surface area contributed by atoms with E-state index in [9.17, 15) is 9.90 Å². The first kappa shape index (κ1) is 12.6. The van der Waals surface area contributed by atoms with Crippen LogP contribution in [0.3, 0.4) is 0 Å². The zero-order valence-electron chi connectivity index (χ0n) is 10.7. The number of carbonyl (C=O) groups excluding carboxylic acids is 1. The molecule has 0 spiro atoms. The number of aliphatic hydroxyl groups excluding tert-OH is 1. The number of benzene rings is 1. The maximum atomic E-state index is 12.1. The number of nitrogens with one attached hydrogen (secondary N) is 2. The molecule has 1 amide bonds. The topological polar surface area (TPSA) is 65.1 Å². The molecule has 1 aromatic heterocycles. The molecule has 2 rings (SSSR count). The minimum atomic E-state index is -0.568. The highest BCUT2D eigenvalue weighted by Gasteiger charge is 2.23. The third kappa shape index (κ3) is 2.38. The molecule has 0 saturated heterocycles. The Labute approximate surface area is 106 Å². The Bertz CT molecular complexity index is 556. The van der Waals surface area contributed by atoms with Crippen LogP contribution in [0.4, 0.5) is 0 Å². The van der Waals surface area contributed by atoms with E-state index in [0.717, 1.165) is 10.9 Å². The van der Waals surface area contributed by atoms with Crippen molar-refractivity contribution in [1.29, 1.82) is 0 Å². The van der Waals surface area contributed by atoms with Crippen LogP contribution in [0.5, 0.6) is 0 Å². The monoisotopic (exact) mass is 246 g/mol. The molecule has 96 valence electrons. The summed E-state index contributed by atoms with van der Waals surface area (Å²) in [4.78, 5) is 15.2. The number of H-pyrrole nitrogens is 1. The Kier molecular flexibility index (Phi) is 3.39. The molecule has 18 heavy (non-hydrogen) atoms. The smallest absolute Gasteiger partial charge is 0.251 e. The van der Waals surface area contributed by atoms with E-state index in [1.54, 1.807) is 6.07 Å². The number of aliphatic hydroxyl groups is 1. The van der Waals surface area contributed by atoms with Crippen molar-refractivity contribution in [3.63, 3.8) is 0 Å². The van der Waals surface area contributed by atoms with Crippen LogP contribution in [-0.2, 0) is 0 Å². The fraction of sp³-hybridized carbons (Fsp3) is 0.357. The summed E-state index contributed by atoms with van der Waals surface area (Å²) >= 11 is 0. The summed E-state index contributed by atoms with van der Waals surface area (Å²) in [6.07, 6.45) is 2.52. The van der Waals surface area contributed by atoms with E-state index in [0.29, 0.717) is 12.0 Å². The Morgan fingerprint density at radius 2 is 2.22 bits per heavy atom. The number of hydrogen-bond donors (Lipinski definition) is 3. The van der Waals surface area contributed by atoms with Crippen LogP contribution in [0.2, 0.25) is 0 Å². The average Bonchev–Trinajstić information content (AvgIpc) is 2.85. The molecular formula is C14H18N2O2. The number of fused-ring (bicyclic) bond motifs is 1. The number of amides is 1. The molecular weight excluding hydrogens is 228 g/mol. The summed E-state index contributed by atoms with van der Waals surface area (Å²) < 4.78 is 0. The van der Waals surface area contributed by atoms with E-state index in [1.807, 2.05) is 38.2 Å². The molecule has 0 radical (unpaired) electrons. The van der Waals surface area contributed by atoms with Gasteiger partial charge in [0.15, 0.2) is 0 Å². The molecule has 4 heteroatoms. The van der Waals surface area contributed by atoms with Gasteiger partial charge in [0.1, 0.15) is 0 Å². The first-order valence-corrected chi connectivity index (χ1v) is 6.08. The molecule has 1 unspecified atom stereocenters. The van der Waals surface area contributed by atoms with Crippen LogP contribution in [0.15, 0.2) is 30.5 Å². The predicted molar refractivity (Wildman–Crippen MR) is 71.5 cm³/mol. The highest BCUT2D eigenvalue weighted by molar-refractivity contribution is 5.98. The number of carbonyl (C=O) groups is 1. The second-order valence-electron chi connectivity index (χ2n) is 4.81. The summed E-state index contributed by atoms with van der Waals surface area (Å²) in [5.74, 6) is -0.162. The van der Waals surface area contributed by atoms with Gasteiger partial charge in [-0.1, -0.05) is 13.0 Å². The second kappa shape index (κ2) is 4.82. The largest absolute Gasteiger partial charge is 0.394 e. The molecule has 1 atom stereocenters. The van der Waals surface area contributed by atoms with Gasteiger partial charge in [0.2, 0.25) is 0 Å². The molecule has 0 bridgehead atoms. The third-order valence-electron chi connectivity index (χ3n) is 3.36. The van der Waals surface area contributed by atoms with Crippen molar-refractivity contribution < 1.29 is 9.90 Å². The summed E-state index contributed by atoms with van der Waals surface area (Å²) in [6, 6.07) is 7.47. The number of hydrogen-bond acceptors (Lipinski definition) is 2. The van der Waals surface area contributed by atoms with Gasteiger partial charge in [-0.25, -0.2) is 0 Å². The van der Waals surface area contributed by atoms with Crippen molar-refractivity contribution in [3.8, 4) is 0 Å². The Balaban J connectivity index is 2.22. The number of aromatic nitrogens is 1. The fourth-order valence-corrected chi connectivity index (χ4v) is 1.78. The lowest BCUT2D eigenvalue weighted by molar-refractivity contribution is 0.0847. The van der Waals surface area contributed by atoms with Crippen LogP contribution < -0.4 is 5.32 Å². The molecule has 0 aliphatic heterocycles. The van der Waals surface area contributed by atoms with Gasteiger partial charge in [0.05, 0.1) is 12.1 Å². The lowest BCUT2D eigenvalue weighted by Gasteiger charge is -2.27. The van der Waals surface area contributed by atoms with Crippen molar-refractivity contribution in [2.45, 2.75) is 25.8 Å². The van der Waals surface area contributed by atoms with E-state index < -0.39 is 5.54 Å². The second-order valence-corrected chi connectivity index (χ2v) is 4.81. The van der Waals surface area contributed by atoms with Gasteiger partial charge in [-0.05, 0) is 36.9 Å². The van der Waals surface area contributed by atoms with E-state index in [4.69, 9.17) is 0 Å². The fourth-order valence-electron chi connectivity index (χ4n) is 1.78. The van der Waals surface area contributed by atoms with Gasteiger partial charge in [0.25, 0.3) is 5.91 Å². The number of rotatable bonds is 4. The highest BCUT2D eigenvalue weighted by Crippen LogP contribution is 2.15. The summed E-state index contributed by atoms with van der Waals surface area (Å²) in [7, 11) is 0. The van der Waals surface area contributed by atoms with Gasteiger partial charge >= 0.3 is 0 Å². The van der Waals surface area contributed by atoms with Crippen molar-refractivity contribution in [1.82, 2.24) is 10.3 Å². The Hall–Kier alpha value is -1.81. The van der Waals surface area contributed by atoms with Gasteiger partial charge in [0, 0.05) is 17.3 Å². The van der Waals surface area contributed by atoms with E-state index in [1.165, 1.54) is 0 Å². The molecule has 0 aliphatic rings. The lowest BCUT2D eigenvalue weighted by atomic mass is 9.99. The zero-order chi connectivity index (χ0) is 13.2. The van der Waals surface area contributed by atoms with Crippen LogP contribution in [-0.4, -0.2) is 28.1 Å². The molecule has 0 aliphatic carbocycles. The zero-order valence-corrected chi connectivity index (χ0v) is 10.7. The van der Waals surface area contributed by atoms with E-state index in [-0.39, 0.29) is 12.5 Å². The van der Waals surface area contributed by atoms with Crippen molar-refractivity contribution in [3.05, 3.63) is 36.0 Å². The van der Waals surface area contributed by atoms with Crippen LogP contribution >= 0.6 is 0 Å². The molecule has 0 fully saturated rings. The summed E-state index contributed by atoms with van der Waals surface area (Å²) in [5, 5.41) is 13.2. The van der Waals surface area contributed by atoms with E-state index >= 15 is 0 Å². The quantitative estimate of drug-likeness (QED) is 0.773. The molecule has 0 saturated carbocycles. The number of aromatic amines is 1. The normalized spacial score (nSPS) is 14.4. The van der Waals surface area contributed by atoms with Gasteiger partial charge in [-0.15, -0.1) is 0 Å². The minimum Gasteiger partial charge on any atom is -0.394 e. The standard InChI is InChI=1S/C14H18N2O2/c1-3-14(2,9-17)16-13(18)11-5-4-10-6-7-15-12(10)8-11/h4-8,15,17H,3,9H2,1-2H3,(H,16,18). The van der Waals surface area contributed by atoms with Gasteiger partial charge in [-0.3, -0.25) is 4.79 Å². The lowest BCUT2D eigenvalue weighted by Crippen LogP contribution is -2.48. The van der Waals surface area contributed by atoms with Crippen LogP contribution in [0, 0.1) is 0 Å². The first-order chi connectivity index (χ1) is 8.58. The Morgan fingerprint density at radius 3 is 2.89 bits per heavy atom. The molecule has 4 nitrogen and oxygen atoms in total. The Morgan fingerprint density at radius 1 is 1.44 bits per heavy atom. The SMILES string of the molecule is CCC(C)(CO)NC(=O)c1ccc2cc[nH]c2c1. The van der Waals surface area contributed by atoms with E-state index in [2.05, 4.69) is 10.3 Å². The summed E-state index contributed by atoms with van der Waals surface area (Å²) in [5.41, 5.74) is 0.963. The first-order valence-electron chi connectivity index (χ1n) is 6.08. The van der Waals surface area contributed by atoms with Gasteiger partial charge in [-0.2, -0.15) is 0 Å². The average molecular weight is 246 g/mol. The maximum absolute atomic E-state index is 12.1. The molecule has 1 aromatic carbocycles. The highest BCUT2D eigenvalue weighted by atomic mass is 16.3. The molecule has 1 heterocycles. The molecule has 3 N–H and O–H groups in total. The minimum absolute atomic E-state index is 0.0695. The predicted octanol–water partition coefficient (Wildman–Crippen LogP) is 2.06. The van der Waals surface area contributed by atoms with Crippen LogP contribution in [0.1, 0.15) is 30.6 Å². The maximum Gasteiger partial charge on any atom is 0.251 e. The third-order valence-corrected chi connectivity index (χ3v) is 3.36.